The molecule has 1 heterocycles. The molecule has 2 aromatic carbocycles. The van der Waals surface area contributed by atoms with E-state index < -0.39 is 23.3 Å². The smallest absolute Gasteiger partial charge is 0.416 e. The molecule has 9 heteroatoms. The predicted octanol–water partition coefficient (Wildman–Crippen LogP) is 6.51. The number of aryl methyl sites for hydroxylation is 2. The van der Waals surface area contributed by atoms with Crippen molar-refractivity contribution in [3.63, 3.8) is 0 Å². The molecule has 0 aliphatic rings. The molecule has 0 amide bonds. The van der Waals surface area contributed by atoms with E-state index in [-0.39, 0.29) is 5.89 Å². The molecule has 5 nitrogen and oxygen atoms in total. The predicted molar refractivity (Wildman–Crippen MR) is 115 cm³/mol. The van der Waals surface area contributed by atoms with Gasteiger partial charge in [0, 0.05) is 10.5 Å². The van der Waals surface area contributed by atoms with E-state index in [9.17, 15) is 23.1 Å². The van der Waals surface area contributed by atoms with Crippen LogP contribution in [-0.2, 0) is 16.7 Å². The largest absolute Gasteiger partial charge is 0.478 e. The summed E-state index contributed by atoms with van der Waals surface area (Å²) in [5, 5.41) is 9.27. The zero-order chi connectivity index (χ0) is 23.7. The van der Waals surface area contributed by atoms with Gasteiger partial charge in [-0.05, 0) is 75.7 Å². The van der Waals surface area contributed by atoms with Crippen molar-refractivity contribution in [1.82, 2.24) is 4.98 Å². The molecule has 0 saturated heterocycles. The zero-order valence-electron chi connectivity index (χ0n) is 17.9. The van der Waals surface area contributed by atoms with Crippen LogP contribution in [0.2, 0.25) is 0 Å². The molecule has 1 aromatic heterocycles. The quantitative estimate of drug-likeness (QED) is 0.401. The number of thioether (sulfide) groups is 1. The van der Waals surface area contributed by atoms with Gasteiger partial charge in [-0.25, -0.2) is 9.78 Å². The van der Waals surface area contributed by atoms with Gasteiger partial charge >= 0.3 is 12.1 Å². The standard InChI is InChI=1S/C23H22F3NO4S/c1-13-9-17(31-22(3,4)21(28)29)11-18(10-13)32-12-19-14(2)27-20(30-19)15-5-7-16(8-6-15)23(24,25)26/h5-11H,12H2,1-4H3,(H,28,29). The first-order chi connectivity index (χ1) is 14.8. The lowest BCUT2D eigenvalue weighted by molar-refractivity contribution is -0.152. The Labute approximate surface area is 187 Å². The number of aliphatic carboxylic acids is 1. The monoisotopic (exact) mass is 465 g/mol. The molecule has 32 heavy (non-hydrogen) atoms. The number of rotatable bonds is 7. The number of hydrogen-bond donors (Lipinski definition) is 1. The molecule has 0 bridgehead atoms. The Morgan fingerprint density at radius 2 is 1.78 bits per heavy atom. The first-order valence-electron chi connectivity index (χ1n) is 9.66. The van der Waals surface area contributed by atoms with Gasteiger partial charge in [-0.1, -0.05) is 0 Å². The van der Waals surface area contributed by atoms with E-state index in [0.717, 1.165) is 22.6 Å². The summed E-state index contributed by atoms with van der Waals surface area (Å²) in [7, 11) is 0. The molecular weight excluding hydrogens is 443 g/mol. The topological polar surface area (TPSA) is 72.6 Å². The van der Waals surface area contributed by atoms with Crippen LogP contribution in [0.4, 0.5) is 13.2 Å². The lowest BCUT2D eigenvalue weighted by atomic mass is 10.1. The summed E-state index contributed by atoms with van der Waals surface area (Å²) in [5.41, 5.74) is -0.0915. The van der Waals surface area contributed by atoms with Gasteiger partial charge in [0.25, 0.3) is 0 Å². The molecular formula is C23H22F3NO4S. The number of ether oxygens (including phenoxy) is 1. The van der Waals surface area contributed by atoms with E-state index in [4.69, 9.17) is 9.15 Å². The van der Waals surface area contributed by atoms with Crippen molar-refractivity contribution in [3.8, 4) is 17.2 Å². The van der Waals surface area contributed by atoms with Gasteiger partial charge in [0.15, 0.2) is 5.60 Å². The van der Waals surface area contributed by atoms with Crippen molar-refractivity contribution in [2.75, 3.05) is 0 Å². The molecule has 3 rings (SSSR count). The Balaban J connectivity index is 1.74. The summed E-state index contributed by atoms with van der Waals surface area (Å²) >= 11 is 1.45. The average Bonchev–Trinajstić information content (AvgIpc) is 3.05. The highest BCUT2D eigenvalue weighted by Gasteiger charge is 2.30. The SMILES string of the molecule is Cc1cc(OC(C)(C)C(=O)O)cc(SCc2oc(-c3ccc(C(F)(F)F)cc3)nc2C)c1. The van der Waals surface area contributed by atoms with Crippen LogP contribution in [0.1, 0.15) is 36.4 Å². The van der Waals surface area contributed by atoms with Crippen molar-refractivity contribution in [2.24, 2.45) is 0 Å². The van der Waals surface area contributed by atoms with Crippen LogP contribution >= 0.6 is 11.8 Å². The molecule has 170 valence electrons. The highest BCUT2D eigenvalue weighted by atomic mass is 32.2. The first kappa shape index (κ1) is 23.7. The first-order valence-corrected chi connectivity index (χ1v) is 10.6. The summed E-state index contributed by atoms with van der Waals surface area (Å²) in [5.74, 6) is 0.661. The second-order valence-electron chi connectivity index (χ2n) is 7.79. The Kier molecular flexibility index (Phi) is 6.59. The van der Waals surface area contributed by atoms with Crippen molar-refractivity contribution < 1.29 is 32.2 Å². The number of alkyl halides is 3. The molecule has 0 aliphatic heterocycles. The third kappa shape index (κ3) is 5.64. The lowest BCUT2D eigenvalue weighted by Crippen LogP contribution is -2.37. The zero-order valence-corrected chi connectivity index (χ0v) is 18.7. The Morgan fingerprint density at radius 1 is 1.12 bits per heavy atom. The van der Waals surface area contributed by atoms with Gasteiger partial charge in [0.05, 0.1) is 17.0 Å². The van der Waals surface area contributed by atoms with E-state index >= 15 is 0 Å². The molecule has 0 radical (unpaired) electrons. The Morgan fingerprint density at radius 3 is 2.38 bits per heavy atom. The number of carboxylic acids is 1. The number of halogens is 3. The maximum Gasteiger partial charge on any atom is 0.416 e. The summed E-state index contributed by atoms with van der Waals surface area (Å²) < 4.78 is 49.7. The Hall–Kier alpha value is -2.94. The fourth-order valence-electron chi connectivity index (χ4n) is 2.83. The van der Waals surface area contributed by atoms with Crippen LogP contribution in [0, 0.1) is 13.8 Å². The van der Waals surface area contributed by atoms with Crippen LogP contribution < -0.4 is 4.74 Å². The molecule has 0 unspecified atom stereocenters. The van der Waals surface area contributed by atoms with Crippen LogP contribution in [0.15, 0.2) is 51.8 Å². The minimum Gasteiger partial charge on any atom is -0.478 e. The van der Waals surface area contributed by atoms with Crippen LogP contribution in [-0.4, -0.2) is 21.7 Å². The van der Waals surface area contributed by atoms with E-state index in [1.807, 2.05) is 13.0 Å². The fourth-order valence-corrected chi connectivity index (χ4v) is 3.86. The van der Waals surface area contributed by atoms with Crippen LogP contribution in [0.25, 0.3) is 11.5 Å². The number of nitrogens with zero attached hydrogens (tertiary/aromatic N) is 1. The number of carbonyl (C=O) groups is 1. The number of benzene rings is 2. The number of oxazole rings is 1. The summed E-state index contributed by atoms with van der Waals surface area (Å²) in [6, 6.07) is 10.1. The van der Waals surface area contributed by atoms with Crippen molar-refractivity contribution in [1.29, 1.82) is 0 Å². The average molecular weight is 465 g/mol. The van der Waals surface area contributed by atoms with Crippen LogP contribution in [0.5, 0.6) is 5.75 Å². The van der Waals surface area contributed by atoms with Gasteiger partial charge in [0.1, 0.15) is 11.5 Å². The van der Waals surface area contributed by atoms with Gasteiger partial charge in [-0.3, -0.25) is 0 Å². The van der Waals surface area contributed by atoms with E-state index in [1.165, 1.54) is 37.7 Å². The second-order valence-corrected chi connectivity index (χ2v) is 8.84. The normalized spacial score (nSPS) is 12.1. The summed E-state index contributed by atoms with van der Waals surface area (Å²) in [6.07, 6.45) is -4.40. The van der Waals surface area contributed by atoms with Gasteiger partial charge in [-0.15, -0.1) is 11.8 Å². The summed E-state index contributed by atoms with van der Waals surface area (Å²) in [4.78, 5) is 16.5. The number of aromatic nitrogens is 1. The molecule has 0 spiro atoms. The fraction of sp³-hybridized carbons (Fsp3) is 0.304. The number of carboxylic acid groups (broad SMARTS) is 1. The molecule has 3 aromatic rings. The van der Waals surface area contributed by atoms with Gasteiger partial charge in [-0.2, -0.15) is 13.2 Å². The second kappa shape index (κ2) is 8.90. The maximum absolute atomic E-state index is 12.8. The third-order valence-electron chi connectivity index (χ3n) is 4.63. The van der Waals surface area contributed by atoms with E-state index in [0.29, 0.717) is 28.5 Å². The van der Waals surface area contributed by atoms with Crippen molar-refractivity contribution >= 4 is 17.7 Å². The number of hydrogen-bond acceptors (Lipinski definition) is 5. The van der Waals surface area contributed by atoms with Crippen LogP contribution in [0.3, 0.4) is 0 Å². The molecule has 0 atom stereocenters. The van der Waals surface area contributed by atoms with Crippen molar-refractivity contribution in [3.05, 3.63) is 65.0 Å². The highest BCUT2D eigenvalue weighted by Crippen LogP contribution is 2.33. The molecule has 0 saturated carbocycles. The maximum atomic E-state index is 12.8. The van der Waals surface area contributed by atoms with Gasteiger partial charge in [0.2, 0.25) is 5.89 Å². The van der Waals surface area contributed by atoms with E-state index in [1.54, 1.807) is 19.1 Å². The minimum atomic E-state index is -4.40. The third-order valence-corrected chi connectivity index (χ3v) is 5.61. The molecule has 0 aliphatic carbocycles. The highest BCUT2D eigenvalue weighted by molar-refractivity contribution is 7.98. The molecule has 0 fully saturated rings. The van der Waals surface area contributed by atoms with Gasteiger partial charge < -0.3 is 14.3 Å². The Bertz CT molecular complexity index is 1120. The molecule has 1 N–H and O–H groups in total. The minimum absolute atomic E-state index is 0.253. The lowest BCUT2D eigenvalue weighted by Gasteiger charge is -2.22. The summed E-state index contributed by atoms with van der Waals surface area (Å²) in [6.45, 7) is 6.61. The van der Waals surface area contributed by atoms with E-state index in [2.05, 4.69) is 4.98 Å². The van der Waals surface area contributed by atoms with Crippen molar-refractivity contribution in [2.45, 2.75) is 50.1 Å².